The van der Waals surface area contributed by atoms with E-state index < -0.39 is 0 Å². The lowest BCUT2D eigenvalue weighted by Crippen LogP contribution is -2.35. The number of hydrogen-bond acceptors (Lipinski definition) is 4. The van der Waals surface area contributed by atoms with Crippen LogP contribution in [0, 0.1) is 13.8 Å². The number of nitrogens with zero attached hydrogens (tertiary/aromatic N) is 3. The van der Waals surface area contributed by atoms with Crippen LogP contribution >= 0.6 is 0 Å². The average molecular weight is 298 g/mol. The molecule has 1 amide bonds. The van der Waals surface area contributed by atoms with E-state index in [9.17, 15) is 4.79 Å². The number of benzene rings is 1. The Morgan fingerprint density at radius 3 is 2.95 bits per heavy atom. The molecule has 6 nitrogen and oxygen atoms in total. The molecule has 0 aliphatic carbocycles. The molecule has 1 aromatic carbocycles. The van der Waals surface area contributed by atoms with Crippen LogP contribution in [0.1, 0.15) is 28.6 Å². The van der Waals surface area contributed by atoms with Crippen LogP contribution in [0.25, 0.3) is 11.0 Å². The Bertz CT molecular complexity index is 805. The van der Waals surface area contributed by atoms with Crippen LogP contribution in [0.2, 0.25) is 0 Å². The van der Waals surface area contributed by atoms with Crippen molar-refractivity contribution in [3.63, 3.8) is 0 Å². The molecule has 0 radical (unpaired) electrons. The van der Waals surface area contributed by atoms with E-state index in [0.717, 1.165) is 22.1 Å². The zero-order valence-electron chi connectivity index (χ0n) is 12.8. The Labute approximate surface area is 128 Å². The molecule has 1 N–H and O–H groups in total. The third-order valence-corrected chi connectivity index (χ3v) is 3.60. The summed E-state index contributed by atoms with van der Waals surface area (Å²) in [5.41, 5.74) is 2.71. The minimum atomic E-state index is -0.209. The second kappa shape index (κ2) is 5.63. The summed E-state index contributed by atoms with van der Waals surface area (Å²) in [7, 11) is 0. The monoisotopic (exact) mass is 298 g/mol. The van der Waals surface area contributed by atoms with Crippen molar-refractivity contribution in [2.75, 3.05) is 0 Å². The molecule has 1 atom stereocenters. The van der Waals surface area contributed by atoms with Crippen LogP contribution < -0.4 is 5.32 Å². The minimum Gasteiger partial charge on any atom is -0.451 e. The zero-order valence-corrected chi connectivity index (χ0v) is 12.8. The lowest BCUT2D eigenvalue weighted by Gasteiger charge is -2.12. The molecule has 0 unspecified atom stereocenters. The molecule has 2 aromatic heterocycles. The number of furan rings is 1. The first kappa shape index (κ1) is 14.3. The number of amides is 1. The molecule has 0 aliphatic heterocycles. The van der Waals surface area contributed by atoms with E-state index in [0.29, 0.717) is 12.3 Å². The van der Waals surface area contributed by atoms with Gasteiger partial charge in [-0.1, -0.05) is 12.1 Å². The highest BCUT2D eigenvalue weighted by Crippen LogP contribution is 2.26. The molecule has 0 aliphatic rings. The van der Waals surface area contributed by atoms with Gasteiger partial charge in [0, 0.05) is 17.0 Å². The third-order valence-electron chi connectivity index (χ3n) is 3.60. The fourth-order valence-corrected chi connectivity index (χ4v) is 2.49. The van der Waals surface area contributed by atoms with E-state index in [4.69, 9.17) is 4.42 Å². The van der Waals surface area contributed by atoms with Gasteiger partial charge in [0.2, 0.25) is 0 Å². The standard InChI is InChI=1S/C16H18N4O2/c1-10-4-5-13-12(3)15(22-14(13)6-10)16(21)19-11(2)7-20-9-17-8-18-20/h4-6,8-9,11H,7H2,1-3H3,(H,19,21)/t11-/m0/s1. The number of aromatic nitrogens is 3. The Balaban J connectivity index is 1.78. The van der Waals surface area contributed by atoms with Gasteiger partial charge >= 0.3 is 0 Å². The van der Waals surface area contributed by atoms with Crippen molar-refractivity contribution in [3.05, 3.63) is 47.7 Å². The summed E-state index contributed by atoms with van der Waals surface area (Å²) < 4.78 is 7.41. The number of hydrogen-bond donors (Lipinski definition) is 1. The summed E-state index contributed by atoms with van der Waals surface area (Å²) in [5, 5.41) is 7.93. The van der Waals surface area contributed by atoms with Crippen LogP contribution in [0.4, 0.5) is 0 Å². The highest BCUT2D eigenvalue weighted by molar-refractivity contribution is 5.99. The Kier molecular flexibility index (Phi) is 3.66. The van der Waals surface area contributed by atoms with Crippen LogP contribution in [0.3, 0.4) is 0 Å². The number of rotatable bonds is 4. The maximum Gasteiger partial charge on any atom is 0.287 e. The number of aryl methyl sites for hydroxylation is 2. The first-order valence-corrected chi connectivity index (χ1v) is 7.17. The zero-order chi connectivity index (χ0) is 15.7. The fourth-order valence-electron chi connectivity index (χ4n) is 2.49. The molecule has 0 saturated carbocycles. The Morgan fingerprint density at radius 2 is 2.23 bits per heavy atom. The van der Waals surface area contributed by atoms with Crippen molar-refractivity contribution in [2.45, 2.75) is 33.4 Å². The van der Waals surface area contributed by atoms with E-state index in [2.05, 4.69) is 15.4 Å². The molecule has 3 rings (SSSR count). The fraction of sp³-hybridized carbons (Fsp3) is 0.312. The van der Waals surface area contributed by atoms with Crippen LogP contribution in [0.15, 0.2) is 35.3 Å². The highest BCUT2D eigenvalue weighted by Gasteiger charge is 2.19. The minimum absolute atomic E-state index is 0.0800. The summed E-state index contributed by atoms with van der Waals surface area (Å²) in [6, 6.07) is 5.86. The molecule has 0 spiro atoms. The van der Waals surface area contributed by atoms with Crippen molar-refractivity contribution in [2.24, 2.45) is 0 Å². The van der Waals surface area contributed by atoms with Gasteiger partial charge in [-0.05, 0) is 32.4 Å². The third kappa shape index (κ3) is 2.72. The molecular weight excluding hydrogens is 280 g/mol. The van der Waals surface area contributed by atoms with E-state index in [-0.39, 0.29) is 11.9 Å². The lowest BCUT2D eigenvalue weighted by molar-refractivity contribution is 0.0909. The lowest BCUT2D eigenvalue weighted by atomic mass is 10.1. The van der Waals surface area contributed by atoms with E-state index >= 15 is 0 Å². The Morgan fingerprint density at radius 1 is 1.41 bits per heavy atom. The van der Waals surface area contributed by atoms with Crippen LogP contribution in [-0.2, 0) is 6.54 Å². The van der Waals surface area contributed by atoms with Crippen molar-refractivity contribution in [1.82, 2.24) is 20.1 Å². The average Bonchev–Trinajstić information content (AvgIpc) is 3.07. The van der Waals surface area contributed by atoms with Gasteiger partial charge in [-0.3, -0.25) is 9.48 Å². The van der Waals surface area contributed by atoms with Crippen LogP contribution in [0.5, 0.6) is 0 Å². The molecule has 0 saturated heterocycles. The molecule has 3 aromatic rings. The predicted molar refractivity (Wildman–Crippen MR) is 82.6 cm³/mol. The van der Waals surface area contributed by atoms with E-state index in [1.807, 2.05) is 39.0 Å². The Hall–Kier alpha value is -2.63. The maximum atomic E-state index is 12.4. The first-order valence-electron chi connectivity index (χ1n) is 7.17. The number of carbonyl (C=O) groups excluding carboxylic acids is 1. The van der Waals surface area contributed by atoms with Crippen molar-refractivity contribution in [3.8, 4) is 0 Å². The largest absolute Gasteiger partial charge is 0.451 e. The highest BCUT2D eigenvalue weighted by atomic mass is 16.3. The predicted octanol–water partition coefficient (Wildman–Crippen LogP) is 2.46. The topological polar surface area (TPSA) is 73.0 Å². The van der Waals surface area contributed by atoms with Gasteiger partial charge in [-0.15, -0.1) is 0 Å². The number of nitrogens with one attached hydrogen (secondary N) is 1. The normalized spacial score (nSPS) is 12.5. The van der Waals surface area contributed by atoms with Gasteiger partial charge in [0.25, 0.3) is 5.91 Å². The second-order valence-electron chi connectivity index (χ2n) is 5.55. The second-order valence-corrected chi connectivity index (χ2v) is 5.55. The van der Waals surface area contributed by atoms with Gasteiger partial charge in [0.15, 0.2) is 5.76 Å². The molecule has 114 valence electrons. The summed E-state index contributed by atoms with van der Waals surface area (Å²) >= 11 is 0. The van der Waals surface area contributed by atoms with Crippen molar-refractivity contribution in [1.29, 1.82) is 0 Å². The van der Waals surface area contributed by atoms with Gasteiger partial charge in [-0.2, -0.15) is 5.10 Å². The molecular formula is C16H18N4O2. The first-order chi connectivity index (χ1) is 10.5. The van der Waals surface area contributed by atoms with Gasteiger partial charge in [0.1, 0.15) is 18.2 Å². The van der Waals surface area contributed by atoms with Crippen molar-refractivity contribution < 1.29 is 9.21 Å². The molecule has 0 fully saturated rings. The number of fused-ring (bicyclic) bond motifs is 1. The summed E-state index contributed by atoms with van der Waals surface area (Å²) in [6.07, 6.45) is 3.10. The maximum absolute atomic E-state index is 12.4. The van der Waals surface area contributed by atoms with Crippen LogP contribution in [-0.4, -0.2) is 26.7 Å². The molecule has 2 heterocycles. The molecule has 0 bridgehead atoms. The molecule has 22 heavy (non-hydrogen) atoms. The summed E-state index contributed by atoms with van der Waals surface area (Å²) in [4.78, 5) is 16.3. The SMILES string of the molecule is Cc1ccc2c(C)c(C(=O)N[C@@H](C)Cn3cncn3)oc2c1. The van der Waals surface area contributed by atoms with Gasteiger partial charge < -0.3 is 9.73 Å². The number of carbonyl (C=O) groups is 1. The quantitative estimate of drug-likeness (QED) is 0.803. The van der Waals surface area contributed by atoms with Gasteiger partial charge in [-0.25, -0.2) is 4.98 Å². The summed E-state index contributed by atoms with van der Waals surface area (Å²) in [6.45, 7) is 6.38. The molecule has 6 heteroatoms. The van der Waals surface area contributed by atoms with Crippen molar-refractivity contribution >= 4 is 16.9 Å². The smallest absolute Gasteiger partial charge is 0.287 e. The summed E-state index contributed by atoms with van der Waals surface area (Å²) in [5.74, 6) is 0.157. The van der Waals surface area contributed by atoms with Gasteiger partial charge in [0.05, 0.1) is 6.54 Å². The van der Waals surface area contributed by atoms with E-state index in [1.54, 1.807) is 11.0 Å². The van der Waals surface area contributed by atoms with E-state index in [1.165, 1.54) is 6.33 Å².